The van der Waals surface area contributed by atoms with Gasteiger partial charge in [0.1, 0.15) is 0 Å². The van der Waals surface area contributed by atoms with Crippen LogP contribution in [0.1, 0.15) is 17.2 Å². The molecule has 1 aliphatic carbocycles. The van der Waals surface area contributed by atoms with Crippen LogP contribution in [0.15, 0.2) is 18.2 Å². The van der Waals surface area contributed by atoms with E-state index in [4.69, 9.17) is 5.73 Å². The molecule has 0 aliphatic heterocycles. The van der Waals surface area contributed by atoms with Gasteiger partial charge in [-0.15, -0.1) is 0 Å². The van der Waals surface area contributed by atoms with Gasteiger partial charge in [0.2, 0.25) is 0 Å². The Morgan fingerprint density at radius 3 is 3.00 bits per heavy atom. The largest absolute Gasteiger partial charge is 0.391 e. The second kappa shape index (κ2) is 2.97. The van der Waals surface area contributed by atoms with Gasteiger partial charge in [0, 0.05) is 9.99 Å². The van der Waals surface area contributed by atoms with Crippen LogP contribution in [0, 0.1) is 3.57 Å². The Labute approximate surface area is 84.9 Å². The summed E-state index contributed by atoms with van der Waals surface area (Å²) in [5, 5.41) is 9.48. The zero-order valence-electron chi connectivity index (χ0n) is 6.50. The first-order valence-corrected chi connectivity index (χ1v) is 4.98. The lowest BCUT2D eigenvalue weighted by Gasteiger charge is -2.08. The van der Waals surface area contributed by atoms with Crippen molar-refractivity contribution in [2.24, 2.45) is 5.73 Å². The first kappa shape index (κ1) is 8.47. The second-order valence-corrected chi connectivity index (χ2v) is 4.39. The molecule has 0 radical (unpaired) electrons. The number of halogens is 1. The van der Waals surface area contributed by atoms with Crippen molar-refractivity contribution in [1.29, 1.82) is 0 Å². The lowest BCUT2D eigenvalue weighted by Crippen LogP contribution is -2.21. The predicted molar refractivity (Wildman–Crippen MR) is 55.8 cm³/mol. The maximum Gasteiger partial charge on any atom is 0.0773 e. The van der Waals surface area contributed by atoms with Crippen molar-refractivity contribution in [3.8, 4) is 0 Å². The van der Waals surface area contributed by atoms with Crippen LogP contribution in [-0.4, -0.2) is 11.2 Å². The Balaban J connectivity index is 2.48. The molecule has 2 rings (SSSR count). The van der Waals surface area contributed by atoms with Crippen molar-refractivity contribution < 1.29 is 5.11 Å². The summed E-state index contributed by atoms with van der Waals surface area (Å²) < 4.78 is 1.18. The number of fused-ring (bicyclic) bond motifs is 1. The third kappa shape index (κ3) is 1.26. The fourth-order valence-electron chi connectivity index (χ4n) is 1.62. The van der Waals surface area contributed by atoms with Gasteiger partial charge in [-0.2, -0.15) is 0 Å². The van der Waals surface area contributed by atoms with Crippen LogP contribution in [0.25, 0.3) is 0 Å². The number of aliphatic hydroxyl groups is 1. The third-order valence-electron chi connectivity index (χ3n) is 2.31. The first-order valence-electron chi connectivity index (χ1n) is 3.90. The molecule has 0 saturated carbocycles. The molecule has 2 nitrogen and oxygen atoms in total. The van der Waals surface area contributed by atoms with Crippen molar-refractivity contribution >= 4 is 22.6 Å². The molecule has 3 heteroatoms. The molecule has 0 bridgehead atoms. The summed E-state index contributed by atoms with van der Waals surface area (Å²) in [5.41, 5.74) is 8.10. The number of hydrogen-bond donors (Lipinski definition) is 2. The summed E-state index contributed by atoms with van der Waals surface area (Å²) in [5.74, 6) is 0. The fourth-order valence-corrected chi connectivity index (χ4v) is 2.14. The van der Waals surface area contributed by atoms with E-state index in [0.29, 0.717) is 6.42 Å². The second-order valence-electron chi connectivity index (χ2n) is 3.14. The third-order valence-corrected chi connectivity index (χ3v) is 2.98. The highest BCUT2D eigenvalue weighted by Crippen LogP contribution is 2.30. The van der Waals surface area contributed by atoms with E-state index in [1.54, 1.807) is 0 Å². The number of benzene rings is 1. The van der Waals surface area contributed by atoms with Gasteiger partial charge in [-0.25, -0.2) is 0 Å². The molecular weight excluding hydrogens is 265 g/mol. The molecule has 1 aromatic carbocycles. The molecule has 3 N–H and O–H groups in total. The highest BCUT2D eigenvalue weighted by molar-refractivity contribution is 14.1. The van der Waals surface area contributed by atoms with Crippen LogP contribution < -0.4 is 5.73 Å². The number of aliphatic hydroxyl groups excluding tert-OH is 1. The predicted octanol–water partition coefficient (Wildman–Crippen LogP) is 1.21. The molecule has 2 atom stereocenters. The average Bonchev–Trinajstić information content (AvgIpc) is 2.31. The highest BCUT2D eigenvalue weighted by Gasteiger charge is 2.27. The summed E-state index contributed by atoms with van der Waals surface area (Å²) in [7, 11) is 0. The minimum atomic E-state index is -0.391. The van der Waals surface area contributed by atoms with Crippen molar-refractivity contribution in [2.75, 3.05) is 0 Å². The van der Waals surface area contributed by atoms with Crippen LogP contribution in [0.2, 0.25) is 0 Å². The number of rotatable bonds is 0. The zero-order valence-corrected chi connectivity index (χ0v) is 8.65. The van der Waals surface area contributed by atoms with Crippen LogP contribution >= 0.6 is 22.6 Å². The molecule has 0 aromatic heterocycles. The Bertz CT molecular complexity index is 313. The van der Waals surface area contributed by atoms with Gasteiger partial charge >= 0.3 is 0 Å². The lowest BCUT2D eigenvalue weighted by atomic mass is 10.1. The van der Waals surface area contributed by atoms with E-state index in [1.165, 1.54) is 9.13 Å². The van der Waals surface area contributed by atoms with Crippen LogP contribution in [0.4, 0.5) is 0 Å². The lowest BCUT2D eigenvalue weighted by molar-refractivity contribution is 0.158. The first-order chi connectivity index (χ1) is 5.68. The zero-order chi connectivity index (χ0) is 8.72. The number of hydrogen-bond acceptors (Lipinski definition) is 2. The topological polar surface area (TPSA) is 46.2 Å². The Hall–Kier alpha value is -0.130. The quantitative estimate of drug-likeness (QED) is 0.699. The summed E-state index contributed by atoms with van der Waals surface area (Å²) in [6.45, 7) is 0. The Morgan fingerprint density at radius 2 is 2.25 bits per heavy atom. The minimum absolute atomic E-state index is 0.185. The Morgan fingerprint density at radius 1 is 1.50 bits per heavy atom. The van der Waals surface area contributed by atoms with Gasteiger partial charge in [-0.1, -0.05) is 6.07 Å². The van der Waals surface area contributed by atoms with Crippen LogP contribution in [0.3, 0.4) is 0 Å². The van der Waals surface area contributed by atoms with E-state index in [1.807, 2.05) is 12.1 Å². The molecule has 64 valence electrons. The Kier molecular flexibility index (Phi) is 2.10. The van der Waals surface area contributed by atoms with Gasteiger partial charge in [0.15, 0.2) is 0 Å². The summed E-state index contributed by atoms with van der Waals surface area (Å²) in [4.78, 5) is 0. The maximum absolute atomic E-state index is 9.48. The monoisotopic (exact) mass is 275 g/mol. The van der Waals surface area contributed by atoms with Crippen molar-refractivity contribution in [1.82, 2.24) is 0 Å². The number of nitrogens with two attached hydrogens (primary N) is 1. The van der Waals surface area contributed by atoms with Gasteiger partial charge in [-0.05, 0) is 45.9 Å². The summed E-state index contributed by atoms with van der Waals surface area (Å²) in [6.07, 6.45) is 0.311. The van der Waals surface area contributed by atoms with E-state index in [-0.39, 0.29) is 6.04 Å². The molecule has 1 aliphatic rings. The van der Waals surface area contributed by atoms with Gasteiger partial charge in [0.05, 0.1) is 12.1 Å². The van der Waals surface area contributed by atoms with E-state index >= 15 is 0 Å². The van der Waals surface area contributed by atoms with Crippen molar-refractivity contribution in [3.05, 3.63) is 32.9 Å². The summed E-state index contributed by atoms with van der Waals surface area (Å²) >= 11 is 2.25. The molecular formula is C9H10INO. The van der Waals surface area contributed by atoms with E-state index in [0.717, 1.165) is 5.56 Å². The minimum Gasteiger partial charge on any atom is -0.391 e. The van der Waals surface area contributed by atoms with Gasteiger partial charge in [0.25, 0.3) is 0 Å². The van der Waals surface area contributed by atoms with Crippen molar-refractivity contribution in [3.63, 3.8) is 0 Å². The van der Waals surface area contributed by atoms with E-state index in [9.17, 15) is 5.11 Å². The molecule has 1 aromatic rings. The van der Waals surface area contributed by atoms with E-state index in [2.05, 4.69) is 28.7 Å². The standard InChI is InChI=1S/C9H10INO/c10-6-2-1-5-3-8(12)9(11)7(5)4-6/h1-2,4,8-9,12H,3,11H2/t8-,9-/m0/s1. The molecule has 12 heavy (non-hydrogen) atoms. The maximum atomic E-state index is 9.48. The summed E-state index contributed by atoms with van der Waals surface area (Å²) in [6, 6.07) is 5.96. The molecule has 0 spiro atoms. The fraction of sp³-hybridized carbons (Fsp3) is 0.333. The molecule has 0 saturated heterocycles. The molecule has 0 amide bonds. The molecule has 0 unspecified atom stereocenters. The highest BCUT2D eigenvalue weighted by atomic mass is 127. The normalized spacial score (nSPS) is 27.2. The molecule has 0 heterocycles. The smallest absolute Gasteiger partial charge is 0.0773 e. The SMILES string of the molecule is N[C@H]1c2cc(I)ccc2C[C@@H]1O. The van der Waals surface area contributed by atoms with Crippen molar-refractivity contribution in [2.45, 2.75) is 18.6 Å². The molecule has 0 fully saturated rings. The van der Waals surface area contributed by atoms with Gasteiger partial charge < -0.3 is 10.8 Å². The van der Waals surface area contributed by atoms with Gasteiger partial charge in [-0.3, -0.25) is 0 Å². The average molecular weight is 275 g/mol. The van der Waals surface area contributed by atoms with Crippen LogP contribution in [0.5, 0.6) is 0 Å². The van der Waals surface area contributed by atoms with Crippen LogP contribution in [-0.2, 0) is 6.42 Å². The van der Waals surface area contributed by atoms with E-state index < -0.39 is 6.10 Å².